The summed E-state index contributed by atoms with van der Waals surface area (Å²) in [6.45, 7) is 3.79. The Morgan fingerprint density at radius 3 is 2.77 bits per heavy atom. The van der Waals surface area contributed by atoms with Gasteiger partial charge in [0.25, 0.3) is 0 Å². The van der Waals surface area contributed by atoms with Crippen molar-refractivity contribution in [2.75, 3.05) is 39.3 Å². The van der Waals surface area contributed by atoms with Gasteiger partial charge in [-0.25, -0.2) is 4.39 Å². The van der Waals surface area contributed by atoms with Crippen molar-refractivity contribution in [3.8, 4) is 0 Å². The number of H-pyrrole nitrogens is 1. The first-order chi connectivity index (χ1) is 10.7. The molecule has 0 bridgehead atoms. The van der Waals surface area contributed by atoms with Gasteiger partial charge in [-0.1, -0.05) is 0 Å². The molecule has 2 heterocycles. The molecule has 0 saturated carbocycles. The zero-order valence-electron chi connectivity index (χ0n) is 12.4. The number of rotatable bonds is 4. The number of aliphatic hydroxyl groups excluding tert-OH is 1. The zero-order chi connectivity index (χ0) is 15.5. The lowest BCUT2D eigenvalue weighted by Crippen LogP contribution is -2.49. The monoisotopic (exact) mass is 305 g/mol. The molecule has 22 heavy (non-hydrogen) atoms. The summed E-state index contributed by atoms with van der Waals surface area (Å²) in [6, 6.07) is 4.57. The summed E-state index contributed by atoms with van der Waals surface area (Å²) in [7, 11) is 0. The third kappa shape index (κ3) is 3.13. The van der Waals surface area contributed by atoms with Crippen LogP contribution < -0.4 is 0 Å². The van der Waals surface area contributed by atoms with Crippen LogP contribution in [-0.4, -0.2) is 65.1 Å². The summed E-state index contributed by atoms with van der Waals surface area (Å²) >= 11 is 0. The van der Waals surface area contributed by atoms with Gasteiger partial charge in [0.1, 0.15) is 5.82 Å². The van der Waals surface area contributed by atoms with Gasteiger partial charge in [-0.2, -0.15) is 0 Å². The quantitative estimate of drug-likeness (QED) is 0.885. The lowest BCUT2D eigenvalue weighted by Gasteiger charge is -2.34. The highest BCUT2D eigenvalue weighted by molar-refractivity contribution is 5.89. The van der Waals surface area contributed by atoms with Gasteiger partial charge in [0.15, 0.2) is 0 Å². The fourth-order valence-electron chi connectivity index (χ4n) is 2.94. The number of aromatic nitrogens is 1. The molecule has 6 heteroatoms. The van der Waals surface area contributed by atoms with E-state index in [0.29, 0.717) is 26.1 Å². The molecular weight excluding hydrogens is 285 g/mol. The third-order valence-corrected chi connectivity index (χ3v) is 4.21. The normalized spacial score (nSPS) is 16.4. The van der Waals surface area contributed by atoms with Crippen LogP contribution in [0.5, 0.6) is 0 Å². The van der Waals surface area contributed by atoms with Crippen LogP contribution in [0.2, 0.25) is 0 Å². The Morgan fingerprint density at radius 1 is 1.27 bits per heavy atom. The van der Waals surface area contributed by atoms with Crippen LogP contribution in [0.25, 0.3) is 10.9 Å². The highest BCUT2D eigenvalue weighted by atomic mass is 19.1. The molecule has 0 aliphatic carbocycles. The number of hydrogen-bond acceptors (Lipinski definition) is 3. The molecule has 3 rings (SSSR count). The minimum atomic E-state index is -0.285. The Morgan fingerprint density at radius 2 is 2.05 bits per heavy atom. The van der Waals surface area contributed by atoms with Crippen LogP contribution in [0.3, 0.4) is 0 Å². The van der Waals surface area contributed by atoms with Crippen LogP contribution in [-0.2, 0) is 11.2 Å². The number of carbonyl (C=O) groups is 1. The zero-order valence-corrected chi connectivity index (χ0v) is 12.4. The lowest BCUT2D eigenvalue weighted by molar-refractivity contribution is -0.132. The Kier molecular flexibility index (Phi) is 4.40. The maximum Gasteiger partial charge on any atom is 0.227 e. The number of piperazine rings is 1. The number of benzene rings is 1. The third-order valence-electron chi connectivity index (χ3n) is 4.21. The van der Waals surface area contributed by atoms with Crippen LogP contribution in [0.15, 0.2) is 24.4 Å². The number of halogens is 1. The van der Waals surface area contributed by atoms with Crippen molar-refractivity contribution in [3.05, 3.63) is 35.8 Å². The summed E-state index contributed by atoms with van der Waals surface area (Å²) in [4.78, 5) is 19.4. The Hall–Kier alpha value is -1.92. The molecule has 0 radical (unpaired) electrons. The first-order valence-electron chi connectivity index (χ1n) is 7.54. The fraction of sp³-hybridized carbons (Fsp3) is 0.438. The average molecular weight is 305 g/mol. The molecule has 0 atom stereocenters. The SMILES string of the molecule is O=C(Cc1c[nH]c2cc(F)ccc12)N1CCN(CCO)CC1. The van der Waals surface area contributed by atoms with E-state index in [0.717, 1.165) is 29.6 Å². The van der Waals surface area contributed by atoms with Crippen molar-refractivity contribution in [1.82, 2.24) is 14.8 Å². The topological polar surface area (TPSA) is 59.6 Å². The number of carbonyl (C=O) groups excluding carboxylic acids is 1. The van der Waals surface area contributed by atoms with E-state index in [-0.39, 0.29) is 18.3 Å². The minimum absolute atomic E-state index is 0.0915. The van der Waals surface area contributed by atoms with Crippen molar-refractivity contribution < 1.29 is 14.3 Å². The van der Waals surface area contributed by atoms with Crippen LogP contribution in [0.4, 0.5) is 4.39 Å². The average Bonchev–Trinajstić information content (AvgIpc) is 2.90. The predicted molar refractivity (Wildman–Crippen MR) is 82.1 cm³/mol. The Bertz CT molecular complexity index is 662. The summed E-state index contributed by atoms with van der Waals surface area (Å²) < 4.78 is 13.2. The summed E-state index contributed by atoms with van der Waals surface area (Å²) in [5, 5.41) is 9.83. The number of hydrogen-bond donors (Lipinski definition) is 2. The molecule has 1 aromatic heterocycles. The van der Waals surface area contributed by atoms with Crippen molar-refractivity contribution in [2.45, 2.75) is 6.42 Å². The van der Waals surface area contributed by atoms with Gasteiger partial charge in [-0.3, -0.25) is 9.69 Å². The van der Waals surface area contributed by atoms with Gasteiger partial charge >= 0.3 is 0 Å². The summed E-state index contributed by atoms with van der Waals surface area (Å²) in [5.41, 5.74) is 1.62. The molecule has 5 nitrogen and oxygen atoms in total. The molecule has 1 aromatic carbocycles. The largest absolute Gasteiger partial charge is 0.395 e. The van der Waals surface area contributed by atoms with Crippen molar-refractivity contribution in [2.24, 2.45) is 0 Å². The number of fused-ring (bicyclic) bond motifs is 1. The van der Waals surface area contributed by atoms with Crippen molar-refractivity contribution >= 4 is 16.8 Å². The molecule has 1 fully saturated rings. The van der Waals surface area contributed by atoms with E-state index in [1.54, 1.807) is 12.3 Å². The smallest absolute Gasteiger partial charge is 0.227 e. The standard InChI is InChI=1S/C16H20FN3O2/c17-13-1-2-14-12(11-18-15(14)10-13)9-16(22)20-5-3-19(4-6-20)7-8-21/h1-2,10-11,18,21H,3-9H2. The Labute approximate surface area is 128 Å². The van der Waals surface area contributed by atoms with Gasteiger partial charge < -0.3 is 15.0 Å². The lowest BCUT2D eigenvalue weighted by atomic mass is 10.1. The maximum absolute atomic E-state index is 13.2. The summed E-state index contributed by atoms with van der Waals surface area (Å²) in [6.07, 6.45) is 2.11. The van der Waals surface area contributed by atoms with E-state index in [4.69, 9.17) is 5.11 Å². The number of β-amino-alcohol motifs (C(OH)–C–C–N with tert-alkyl or cyclic N) is 1. The maximum atomic E-state index is 13.2. The number of aromatic amines is 1. The number of nitrogens with one attached hydrogen (secondary N) is 1. The molecule has 1 saturated heterocycles. The molecular formula is C16H20FN3O2. The van der Waals surface area contributed by atoms with E-state index in [1.807, 2.05) is 4.90 Å². The highest BCUT2D eigenvalue weighted by Gasteiger charge is 2.21. The van der Waals surface area contributed by atoms with Gasteiger partial charge in [0, 0.05) is 49.8 Å². The minimum Gasteiger partial charge on any atom is -0.395 e. The van der Waals surface area contributed by atoms with E-state index in [2.05, 4.69) is 9.88 Å². The molecule has 1 amide bonds. The van der Waals surface area contributed by atoms with Gasteiger partial charge in [-0.15, -0.1) is 0 Å². The van der Waals surface area contributed by atoms with Crippen LogP contribution in [0.1, 0.15) is 5.56 Å². The first kappa shape index (κ1) is 15.0. The predicted octanol–water partition coefficient (Wildman–Crippen LogP) is 0.986. The molecule has 0 spiro atoms. The molecule has 118 valence electrons. The highest BCUT2D eigenvalue weighted by Crippen LogP contribution is 2.20. The first-order valence-corrected chi connectivity index (χ1v) is 7.54. The molecule has 0 unspecified atom stereocenters. The second-order valence-corrected chi connectivity index (χ2v) is 5.63. The number of nitrogens with zero attached hydrogens (tertiary/aromatic N) is 2. The number of aliphatic hydroxyl groups is 1. The van der Waals surface area contributed by atoms with Crippen molar-refractivity contribution in [3.63, 3.8) is 0 Å². The van der Waals surface area contributed by atoms with E-state index in [1.165, 1.54) is 12.1 Å². The fourth-order valence-corrected chi connectivity index (χ4v) is 2.94. The Balaban J connectivity index is 1.64. The van der Waals surface area contributed by atoms with E-state index in [9.17, 15) is 9.18 Å². The van der Waals surface area contributed by atoms with E-state index >= 15 is 0 Å². The van der Waals surface area contributed by atoms with Crippen LogP contribution in [0, 0.1) is 5.82 Å². The van der Waals surface area contributed by atoms with Gasteiger partial charge in [-0.05, 0) is 23.8 Å². The van der Waals surface area contributed by atoms with E-state index < -0.39 is 0 Å². The second-order valence-electron chi connectivity index (χ2n) is 5.63. The molecule has 1 aliphatic heterocycles. The van der Waals surface area contributed by atoms with Gasteiger partial charge in [0.05, 0.1) is 13.0 Å². The van der Waals surface area contributed by atoms with Crippen molar-refractivity contribution in [1.29, 1.82) is 0 Å². The van der Waals surface area contributed by atoms with Crippen LogP contribution >= 0.6 is 0 Å². The molecule has 1 aliphatic rings. The molecule has 2 N–H and O–H groups in total. The van der Waals surface area contributed by atoms with Gasteiger partial charge in [0.2, 0.25) is 5.91 Å². The summed E-state index contributed by atoms with van der Waals surface area (Å²) in [5.74, 6) is -0.193. The second kappa shape index (κ2) is 6.46. The molecule has 2 aromatic rings. The number of amides is 1.